The molecule has 0 aliphatic heterocycles. The number of hydrogen-bond donors (Lipinski definition) is 2. The Morgan fingerprint density at radius 2 is 2.08 bits per heavy atom. The molecule has 5 nitrogen and oxygen atoms in total. The first kappa shape index (κ1) is 8.55. The summed E-state index contributed by atoms with van der Waals surface area (Å²) in [6.07, 6.45) is 1.78. The molecule has 6 heteroatoms. The van der Waals surface area contributed by atoms with Crippen LogP contribution in [0.2, 0.25) is 0 Å². The van der Waals surface area contributed by atoms with Gasteiger partial charge in [-0.05, 0) is 28.8 Å². The molecule has 0 atom stereocenters. The Labute approximate surface area is 81.7 Å². The molecule has 1 aliphatic rings. The zero-order valence-corrected chi connectivity index (χ0v) is 8.30. The number of anilines is 1. The van der Waals surface area contributed by atoms with Crippen molar-refractivity contribution >= 4 is 21.7 Å². The summed E-state index contributed by atoms with van der Waals surface area (Å²) in [4.78, 5) is 25.2. The summed E-state index contributed by atoms with van der Waals surface area (Å²) < 4.78 is 1.44. The van der Waals surface area contributed by atoms with Gasteiger partial charge >= 0.3 is 5.69 Å². The second-order valence-corrected chi connectivity index (χ2v) is 3.86. The van der Waals surface area contributed by atoms with Gasteiger partial charge in [0.2, 0.25) is 0 Å². The van der Waals surface area contributed by atoms with Gasteiger partial charge in [0.1, 0.15) is 10.3 Å². The van der Waals surface area contributed by atoms with Crippen LogP contribution >= 0.6 is 15.9 Å². The number of hydrogen-bond acceptors (Lipinski definition) is 3. The summed E-state index contributed by atoms with van der Waals surface area (Å²) in [6.45, 7) is 0. The smallest absolute Gasteiger partial charge is 0.330 e. The van der Waals surface area contributed by atoms with Crippen LogP contribution < -0.4 is 17.0 Å². The van der Waals surface area contributed by atoms with Crippen LogP contribution in [0, 0.1) is 0 Å². The van der Waals surface area contributed by atoms with Gasteiger partial charge in [-0.15, -0.1) is 0 Å². The highest BCUT2D eigenvalue weighted by Gasteiger charge is 2.27. The first-order chi connectivity index (χ1) is 6.11. The minimum atomic E-state index is -0.423. The van der Waals surface area contributed by atoms with E-state index in [1.54, 1.807) is 0 Å². The number of aromatic amines is 1. The number of nitrogens with zero attached hydrogens (tertiary/aromatic N) is 1. The molecule has 1 aliphatic carbocycles. The van der Waals surface area contributed by atoms with E-state index in [0.29, 0.717) is 0 Å². The molecule has 13 heavy (non-hydrogen) atoms. The standard InChI is InChI=1S/C7H8BrN3O2/c8-4-5(9)10-7(13)11(6(4)12)3-1-2-3/h3H,1-2,9H2,(H,10,13). The Balaban J connectivity index is 2.75. The third-order valence-electron chi connectivity index (χ3n) is 2.02. The van der Waals surface area contributed by atoms with E-state index in [1.165, 1.54) is 4.57 Å². The van der Waals surface area contributed by atoms with Crippen molar-refractivity contribution < 1.29 is 0 Å². The van der Waals surface area contributed by atoms with Crippen molar-refractivity contribution in [1.82, 2.24) is 9.55 Å². The third kappa shape index (κ3) is 1.31. The van der Waals surface area contributed by atoms with Crippen molar-refractivity contribution in [1.29, 1.82) is 0 Å². The van der Waals surface area contributed by atoms with E-state index in [4.69, 9.17) is 5.73 Å². The first-order valence-electron chi connectivity index (χ1n) is 3.91. The van der Waals surface area contributed by atoms with Crippen LogP contribution in [-0.2, 0) is 0 Å². The van der Waals surface area contributed by atoms with E-state index >= 15 is 0 Å². The van der Waals surface area contributed by atoms with Crippen molar-refractivity contribution in [2.75, 3.05) is 5.73 Å². The van der Waals surface area contributed by atoms with Crippen LogP contribution in [0.1, 0.15) is 18.9 Å². The zero-order chi connectivity index (χ0) is 9.59. The molecule has 1 fully saturated rings. The second-order valence-electron chi connectivity index (χ2n) is 3.06. The molecule has 0 amide bonds. The highest BCUT2D eigenvalue weighted by Crippen LogP contribution is 2.32. The Morgan fingerprint density at radius 1 is 1.46 bits per heavy atom. The monoisotopic (exact) mass is 245 g/mol. The van der Waals surface area contributed by atoms with Crippen molar-refractivity contribution in [3.8, 4) is 0 Å². The molecule has 0 bridgehead atoms. The fraction of sp³-hybridized carbons (Fsp3) is 0.429. The van der Waals surface area contributed by atoms with Crippen LogP contribution in [0.4, 0.5) is 5.82 Å². The molecule has 2 rings (SSSR count). The molecule has 0 radical (unpaired) electrons. The summed E-state index contributed by atoms with van der Waals surface area (Å²) in [5.74, 6) is 0.0897. The fourth-order valence-corrected chi connectivity index (χ4v) is 1.50. The summed E-state index contributed by atoms with van der Waals surface area (Å²) in [7, 11) is 0. The van der Waals surface area contributed by atoms with Crippen LogP contribution in [0.5, 0.6) is 0 Å². The fourth-order valence-electron chi connectivity index (χ4n) is 1.21. The number of nitrogen functional groups attached to an aromatic ring is 1. The lowest BCUT2D eigenvalue weighted by Gasteiger charge is -2.03. The van der Waals surface area contributed by atoms with E-state index in [9.17, 15) is 9.59 Å². The summed E-state index contributed by atoms with van der Waals surface area (Å²) in [5.41, 5.74) is 4.63. The minimum Gasteiger partial charge on any atom is -0.384 e. The van der Waals surface area contributed by atoms with Gasteiger partial charge in [0.05, 0.1) is 0 Å². The van der Waals surface area contributed by atoms with Gasteiger partial charge < -0.3 is 5.73 Å². The number of rotatable bonds is 1. The van der Waals surface area contributed by atoms with Crippen LogP contribution in [-0.4, -0.2) is 9.55 Å². The topological polar surface area (TPSA) is 80.9 Å². The molecular formula is C7H8BrN3O2. The average Bonchev–Trinajstić information content (AvgIpc) is 2.84. The molecule has 0 saturated heterocycles. The van der Waals surface area contributed by atoms with Crippen LogP contribution in [0.15, 0.2) is 14.1 Å². The highest BCUT2D eigenvalue weighted by atomic mass is 79.9. The molecule has 70 valence electrons. The van der Waals surface area contributed by atoms with E-state index in [1.807, 2.05) is 0 Å². The molecule has 0 unspecified atom stereocenters. The number of H-pyrrole nitrogens is 1. The van der Waals surface area contributed by atoms with Gasteiger partial charge in [-0.25, -0.2) is 4.79 Å². The Morgan fingerprint density at radius 3 is 2.62 bits per heavy atom. The molecule has 0 spiro atoms. The lowest BCUT2D eigenvalue weighted by Crippen LogP contribution is -2.35. The SMILES string of the molecule is Nc1[nH]c(=O)n(C2CC2)c(=O)c1Br. The van der Waals surface area contributed by atoms with Gasteiger partial charge in [-0.3, -0.25) is 14.3 Å². The van der Waals surface area contributed by atoms with E-state index in [0.717, 1.165) is 12.8 Å². The first-order valence-corrected chi connectivity index (χ1v) is 4.70. The lowest BCUT2D eigenvalue weighted by molar-refractivity contribution is 0.653. The predicted molar refractivity (Wildman–Crippen MR) is 51.7 cm³/mol. The van der Waals surface area contributed by atoms with Crippen LogP contribution in [0.3, 0.4) is 0 Å². The van der Waals surface area contributed by atoms with Crippen molar-refractivity contribution in [2.45, 2.75) is 18.9 Å². The van der Waals surface area contributed by atoms with Gasteiger partial charge in [-0.1, -0.05) is 0 Å². The predicted octanol–water partition coefficient (Wildman–Crippen LogP) is 0.216. The molecule has 1 saturated carbocycles. The van der Waals surface area contributed by atoms with Crippen LogP contribution in [0.25, 0.3) is 0 Å². The Hall–Kier alpha value is -1.04. The van der Waals surface area contributed by atoms with Crippen molar-refractivity contribution in [2.24, 2.45) is 0 Å². The zero-order valence-electron chi connectivity index (χ0n) is 6.71. The largest absolute Gasteiger partial charge is 0.384 e. The van der Waals surface area contributed by atoms with Crippen molar-refractivity contribution in [3.05, 3.63) is 25.3 Å². The van der Waals surface area contributed by atoms with E-state index in [2.05, 4.69) is 20.9 Å². The normalized spacial score (nSPS) is 16.1. The minimum absolute atomic E-state index is 0.0631. The maximum Gasteiger partial charge on any atom is 0.330 e. The summed E-state index contributed by atoms with van der Waals surface area (Å²) in [6, 6.07) is 0.0631. The number of halogens is 1. The Kier molecular flexibility index (Phi) is 1.80. The maximum absolute atomic E-state index is 11.5. The molecule has 1 aromatic rings. The lowest BCUT2D eigenvalue weighted by atomic mass is 10.5. The molecular weight excluding hydrogens is 238 g/mol. The van der Waals surface area contributed by atoms with E-state index < -0.39 is 5.69 Å². The Bertz CT molecular complexity index is 458. The van der Waals surface area contributed by atoms with E-state index in [-0.39, 0.29) is 21.9 Å². The van der Waals surface area contributed by atoms with Gasteiger partial charge in [0.25, 0.3) is 5.56 Å². The molecule has 1 heterocycles. The molecule has 0 aromatic carbocycles. The summed E-state index contributed by atoms with van der Waals surface area (Å²) >= 11 is 3.03. The van der Waals surface area contributed by atoms with Gasteiger partial charge in [0.15, 0.2) is 0 Å². The maximum atomic E-state index is 11.5. The quantitative estimate of drug-likeness (QED) is 0.743. The third-order valence-corrected chi connectivity index (χ3v) is 2.78. The number of nitrogens with one attached hydrogen (secondary N) is 1. The average molecular weight is 246 g/mol. The van der Waals surface area contributed by atoms with Gasteiger partial charge in [-0.2, -0.15) is 0 Å². The number of nitrogens with two attached hydrogens (primary N) is 1. The van der Waals surface area contributed by atoms with Crippen molar-refractivity contribution in [3.63, 3.8) is 0 Å². The second kappa shape index (κ2) is 2.73. The highest BCUT2D eigenvalue weighted by molar-refractivity contribution is 9.10. The van der Waals surface area contributed by atoms with Gasteiger partial charge in [0, 0.05) is 6.04 Å². The molecule has 1 aromatic heterocycles. The molecule has 3 N–H and O–H groups in total. The summed E-state index contributed by atoms with van der Waals surface area (Å²) in [5, 5.41) is 0. The number of aromatic nitrogens is 2.